The van der Waals surface area contributed by atoms with Gasteiger partial charge in [0.1, 0.15) is 25.0 Å². The van der Waals surface area contributed by atoms with E-state index in [1.54, 1.807) is 22.0 Å². The second-order valence-electron chi connectivity index (χ2n) is 7.82. The lowest BCUT2D eigenvalue weighted by molar-refractivity contribution is 0.0704. The Morgan fingerprint density at radius 3 is 2.88 bits per heavy atom. The maximum absolute atomic E-state index is 13.0. The highest BCUT2D eigenvalue weighted by molar-refractivity contribution is 5.92. The van der Waals surface area contributed by atoms with Gasteiger partial charge in [-0.3, -0.25) is 4.79 Å². The molecule has 1 aliphatic rings. The van der Waals surface area contributed by atoms with E-state index in [4.69, 9.17) is 9.26 Å². The van der Waals surface area contributed by atoms with Gasteiger partial charge in [-0.25, -0.2) is 9.67 Å². The van der Waals surface area contributed by atoms with Crippen molar-refractivity contribution in [3.8, 4) is 11.4 Å². The molecule has 32 heavy (non-hydrogen) atoms. The number of carbonyl (C=O) groups excluding carboxylic acids is 1. The number of amides is 1. The number of aryl methyl sites for hydroxylation is 1. The molecule has 2 heterocycles. The van der Waals surface area contributed by atoms with Crippen LogP contribution in [0.3, 0.4) is 0 Å². The Balaban J connectivity index is 1.22. The lowest BCUT2D eigenvalue weighted by Crippen LogP contribution is -2.33. The van der Waals surface area contributed by atoms with Gasteiger partial charge < -0.3 is 14.2 Å². The third-order valence-corrected chi connectivity index (χ3v) is 5.80. The molecule has 8 nitrogen and oxygen atoms in total. The fraction of sp³-hybridized carbons (Fsp3) is 0.250. The van der Waals surface area contributed by atoms with Crippen molar-refractivity contribution in [2.45, 2.75) is 31.9 Å². The maximum Gasteiger partial charge on any atom is 0.276 e. The average molecular weight is 429 g/mol. The molecule has 4 aromatic rings. The van der Waals surface area contributed by atoms with Crippen molar-refractivity contribution < 1.29 is 14.1 Å². The second-order valence-corrected chi connectivity index (χ2v) is 7.82. The number of nitrogens with zero attached hydrogens (tertiary/aromatic N) is 5. The van der Waals surface area contributed by atoms with Gasteiger partial charge in [0, 0.05) is 13.1 Å². The van der Waals surface area contributed by atoms with Crippen molar-refractivity contribution in [1.82, 2.24) is 24.8 Å². The Labute approximate surface area is 185 Å². The van der Waals surface area contributed by atoms with Gasteiger partial charge in [-0.1, -0.05) is 29.4 Å². The molecular formula is C24H23N5O3. The van der Waals surface area contributed by atoms with Crippen LogP contribution >= 0.6 is 0 Å². The molecule has 0 saturated carbocycles. The summed E-state index contributed by atoms with van der Waals surface area (Å²) < 4.78 is 12.8. The van der Waals surface area contributed by atoms with Crippen molar-refractivity contribution in [2.24, 2.45) is 0 Å². The maximum atomic E-state index is 13.0. The molecule has 0 fully saturated rings. The highest BCUT2D eigenvalue weighted by Gasteiger charge is 2.28. The van der Waals surface area contributed by atoms with Gasteiger partial charge in [0.25, 0.3) is 5.91 Å². The van der Waals surface area contributed by atoms with Gasteiger partial charge in [0.05, 0.1) is 11.7 Å². The van der Waals surface area contributed by atoms with Crippen LogP contribution in [0.5, 0.6) is 5.75 Å². The fourth-order valence-electron chi connectivity index (χ4n) is 4.13. The van der Waals surface area contributed by atoms with Gasteiger partial charge in [0.15, 0.2) is 11.5 Å². The van der Waals surface area contributed by atoms with E-state index in [0.717, 1.165) is 24.9 Å². The van der Waals surface area contributed by atoms with E-state index in [9.17, 15) is 4.79 Å². The van der Waals surface area contributed by atoms with Crippen LogP contribution in [-0.4, -0.2) is 37.8 Å². The van der Waals surface area contributed by atoms with Gasteiger partial charge in [-0.05, 0) is 54.7 Å². The average Bonchev–Trinajstić information content (AvgIpc) is 3.54. The van der Waals surface area contributed by atoms with Crippen molar-refractivity contribution in [1.29, 1.82) is 0 Å². The molecule has 2 aromatic heterocycles. The summed E-state index contributed by atoms with van der Waals surface area (Å²) in [7, 11) is 1.83. The van der Waals surface area contributed by atoms with Crippen LogP contribution in [0, 0.1) is 0 Å². The Bertz CT molecular complexity index is 1200. The Kier molecular flexibility index (Phi) is 5.41. The summed E-state index contributed by atoms with van der Waals surface area (Å²) in [4.78, 5) is 18.7. The SMILES string of the molecule is CN(C(=O)c1cc(COc2ccc(-n3cncn3)cc2)on1)C1CCCc2ccccc21. The van der Waals surface area contributed by atoms with Crippen molar-refractivity contribution >= 4 is 5.91 Å². The molecule has 5 rings (SSSR count). The minimum Gasteiger partial charge on any atom is -0.486 e. The first-order valence-electron chi connectivity index (χ1n) is 10.6. The predicted molar refractivity (Wildman–Crippen MR) is 116 cm³/mol. The summed E-state index contributed by atoms with van der Waals surface area (Å²) in [6.45, 7) is 0.179. The molecule has 8 heteroatoms. The Hall–Kier alpha value is -3.94. The van der Waals surface area contributed by atoms with Crippen LogP contribution in [0.2, 0.25) is 0 Å². The van der Waals surface area contributed by atoms with E-state index in [-0.39, 0.29) is 24.2 Å². The number of hydrogen-bond acceptors (Lipinski definition) is 6. The molecule has 0 saturated heterocycles. The van der Waals surface area contributed by atoms with Crippen LogP contribution in [0.25, 0.3) is 5.69 Å². The lowest BCUT2D eigenvalue weighted by Gasteiger charge is -2.32. The number of benzene rings is 2. The van der Waals surface area contributed by atoms with E-state index in [1.807, 2.05) is 37.4 Å². The van der Waals surface area contributed by atoms with Crippen LogP contribution in [-0.2, 0) is 13.0 Å². The predicted octanol–water partition coefficient (Wildman–Crippen LogP) is 3.98. The number of carbonyl (C=O) groups is 1. The molecular weight excluding hydrogens is 406 g/mol. The molecule has 2 aromatic carbocycles. The molecule has 1 amide bonds. The van der Waals surface area contributed by atoms with Crippen molar-refractivity contribution in [2.75, 3.05) is 7.05 Å². The van der Waals surface area contributed by atoms with E-state index < -0.39 is 0 Å². The highest BCUT2D eigenvalue weighted by Crippen LogP contribution is 2.34. The first kappa shape index (κ1) is 20.0. The zero-order valence-electron chi connectivity index (χ0n) is 17.7. The third-order valence-electron chi connectivity index (χ3n) is 5.80. The largest absolute Gasteiger partial charge is 0.486 e. The van der Waals surface area contributed by atoms with Crippen LogP contribution in [0.4, 0.5) is 0 Å². The monoisotopic (exact) mass is 429 g/mol. The first-order chi connectivity index (χ1) is 15.7. The first-order valence-corrected chi connectivity index (χ1v) is 10.6. The quantitative estimate of drug-likeness (QED) is 0.461. The molecule has 1 atom stereocenters. The normalized spacial score (nSPS) is 15.2. The molecule has 0 radical (unpaired) electrons. The number of ether oxygens (including phenoxy) is 1. The standard InChI is InChI=1S/C24H23N5O3/c1-28(23-8-4-6-17-5-2-3-7-21(17)23)24(30)22-13-20(32-27-22)14-31-19-11-9-18(10-12-19)29-16-25-15-26-29/h2-3,5,7,9-13,15-16,23H,4,6,8,14H2,1H3. The molecule has 162 valence electrons. The molecule has 0 N–H and O–H groups in total. The number of fused-ring (bicyclic) bond motifs is 1. The number of hydrogen-bond donors (Lipinski definition) is 0. The van der Waals surface area contributed by atoms with Gasteiger partial charge in [0.2, 0.25) is 0 Å². The second kappa shape index (κ2) is 8.66. The Morgan fingerprint density at radius 1 is 1.22 bits per heavy atom. The molecule has 1 unspecified atom stereocenters. The smallest absolute Gasteiger partial charge is 0.276 e. The van der Waals surface area contributed by atoms with E-state index in [0.29, 0.717) is 11.5 Å². The molecule has 0 aliphatic heterocycles. The van der Waals surface area contributed by atoms with Crippen molar-refractivity contribution in [3.05, 3.63) is 89.8 Å². The summed E-state index contributed by atoms with van der Waals surface area (Å²) in [5, 5.41) is 8.08. The van der Waals surface area contributed by atoms with Crippen molar-refractivity contribution in [3.63, 3.8) is 0 Å². The van der Waals surface area contributed by atoms with Gasteiger partial charge in [-0.2, -0.15) is 5.10 Å². The molecule has 0 spiro atoms. The topological polar surface area (TPSA) is 86.3 Å². The summed E-state index contributed by atoms with van der Waals surface area (Å²) >= 11 is 0. The van der Waals surface area contributed by atoms with Gasteiger partial charge in [-0.15, -0.1) is 0 Å². The molecule has 0 bridgehead atoms. The van der Waals surface area contributed by atoms with E-state index in [1.165, 1.54) is 17.5 Å². The number of rotatable bonds is 6. The fourth-order valence-corrected chi connectivity index (χ4v) is 4.13. The van der Waals surface area contributed by atoms with Crippen LogP contribution in [0.1, 0.15) is 46.3 Å². The van der Waals surface area contributed by atoms with E-state index >= 15 is 0 Å². The van der Waals surface area contributed by atoms with Crippen LogP contribution in [0.15, 0.2) is 71.8 Å². The minimum atomic E-state index is -0.154. The highest BCUT2D eigenvalue weighted by atomic mass is 16.5. The van der Waals surface area contributed by atoms with Crippen LogP contribution < -0.4 is 4.74 Å². The minimum absolute atomic E-state index is 0.0485. The summed E-state index contributed by atoms with van der Waals surface area (Å²) in [5.41, 5.74) is 3.70. The summed E-state index contributed by atoms with van der Waals surface area (Å²) in [6.07, 6.45) is 6.17. The molecule has 1 aliphatic carbocycles. The Morgan fingerprint density at radius 2 is 2.06 bits per heavy atom. The van der Waals surface area contributed by atoms with Gasteiger partial charge >= 0.3 is 0 Å². The third kappa shape index (κ3) is 3.99. The zero-order valence-corrected chi connectivity index (χ0v) is 17.7. The van der Waals surface area contributed by atoms with E-state index in [2.05, 4.69) is 33.4 Å². The lowest BCUT2D eigenvalue weighted by atomic mass is 9.87. The zero-order chi connectivity index (χ0) is 21.9. The summed E-state index contributed by atoms with van der Waals surface area (Å²) in [6, 6.07) is 17.5. The summed E-state index contributed by atoms with van der Waals surface area (Å²) in [5.74, 6) is 1.01. The number of aromatic nitrogens is 4.